The number of amides is 5. The van der Waals surface area contributed by atoms with E-state index < -0.39 is 29.7 Å². The van der Waals surface area contributed by atoms with Crippen molar-refractivity contribution in [1.29, 1.82) is 0 Å². The molecular formula is C46H48N10O10. The normalized spacial score (nSPS) is 14.6. The molecule has 5 N–H and O–H groups in total. The Morgan fingerprint density at radius 3 is 2.42 bits per heavy atom. The monoisotopic (exact) mass is 900 g/mol. The van der Waals surface area contributed by atoms with E-state index in [1.807, 2.05) is 53.1 Å². The predicted octanol–water partition coefficient (Wildman–Crippen LogP) is 3.18. The van der Waals surface area contributed by atoms with Gasteiger partial charge in [-0.25, -0.2) is 9.97 Å². The number of hydrogen-bond acceptors (Lipinski definition) is 15. The first-order chi connectivity index (χ1) is 32.1. The van der Waals surface area contributed by atoms with E-state index in [-0.39, 0.29) is 56.2 Å². The third-order valence-electron chi connectivity index (χ3n) is 11.0. The lowest BCUT2D eigenvalue weighted by molar-refractivity contribution is -0.136. The topological polar surface area (TPSA) is 245 Å². The van der Waals surface area contributed by atoms with Crippen molar-refractivity contribution in [2.75, 3.05) is 64.8 Å². The molecule has 5 heterocycles. The second kappa shape index (κ2) is 20.3. The van der Waals surface area contributed by atoms with E-state index in [0.717, 1.165) is 32.9 Å². The number of benzene rings is 3. The summed E-state index contributed by atoms with van der Waals surface area (Å²) in [4.78, 5) is 73.1. The Kier molecular flexibility index (Phi) is 13.8. The molecule has 1 fully saturated rings. The first kappa shape index (κ1) is 44.8. The second-order valence-corrected chi connectivity index (χ2v) is 15.3. The van der Waals surface area contributed by atoms with Crippen LogP contribution in [0.5, 0.6) is 17.2 Å². The summed E-state index contributed by atoms with van der Waals surface area (Å²) in [6.45, 7) is 2.53. The van der Waals surface area contributed by atoms with Crippen LogP contribution in [0.4, 0.5) is 11.6 Å². The van der Waals surface area contributed by atoms with E-state index in [1.165, 1.54) is 10.7 Å². The van der Waals surface area contributed by atoms with E-state index in [0.29, 0.717) is 67.2 Å². The highest BCUT2D eigenvalue weighted by atomic mass is 16.5. The van der Waals surface area contributed by atoms with Gasteiger partial charge in [0, 0.05) is 48.7 Å². The largest absolute Gasteiger partial charge is 0.497 e. The lowest BCUT2D eigenvalue weighted by Crippen LogP contribution is -2.54. The molecular weight excluding hydrogens is 853 g/mol. The fourth-order valence-electron chi connectivity index (χ4n) is 7.64. The highest BCUT2D eigenvalue weighted by Gasteiger charge is 2.45. The SMILES string of the molecule is COc1ccc(COc2ccc(Cn3c(N)nc4cc(-c5cnn(CC(=O)NCCOCCOCCNc6cccc7c6C(=O)N(C6CCC(=O)NC6=O)C7=O)c5)cnc43)cc2OC)cc1. The van der Waals surface area contributed by atoms with Gasteiger partial charge < -0.3 is 40.1 Å². The summed E-state index contributed by atoms with van der Waals surface area (Å²) in [5.74, 6) is -0.212. The minimum absolute atomic E-state index is 0.00145. The minimum atomic E-state index is -1.04. The van der Waals surface area contributed by atoms with Crippen molar-refractivity contribution < 1.29 is 47.7 Å². The molecule has 1 saturated heterocycles. The number of ether oxygens (including phenoxy) is 5. The summed E-state index contributed by atoms with van der Waals surface area (Å²) in [7, 11) is 3.22. The highest BCUT2D eigenvalue weighted by molar-refractivity contribution is 6.25. The van der Waals surface area contributed by atoms with Gasteiger partial charge in [0.05, 0.1) is 64.5 Å². The van der Waals surface area contributed by atoms with Crippen LogP contribution in [0.3, 0.4) is 0 Å². The van der Waals surface area contributed by atoms with Crippen LogP contribution in [0.1, 0.15) is 44.7 Å². The molecule has 8 rings (SSSR count). The van der Waals surface area contributed by atoms with E-state index >= 15 is 0 Å². The van der Waals surface area contributed by atoms with Crippen LogP contribution in [0, 0.1) is 0 Å². The van der Waals surface area contributed by atoms with E-state index in [1.54, 1.807) is 44.9 Å². The van der Waals surface area contributed by atoms with Crippen LogP contribution in [-0.2, 0) is 43.6 Å². The van der Waals surface area contributed by atoms with E-state index in [2.05, 4.69) is 31.0 Å². The maximum atomic E-state index is 13.3. The maximum absolute atomic E-state index is 13.3. The first-order valence-electron chi connectivity index (χ1n) is 21.2. The van der Waals surface area contributed by atoms with Gasteiger partial charge in [0.2, 0.25) is 23.7 Å². The Morgan fingerprint density at radius 2 is 1.65 bits per heavy atom. The third kappa shape index (κ3) is 10.1. The first-order valence-corrected chi connectivity index (χ1v) is 21.2. The van der Waals surface area contributed by atoms with Gasteiger partial charge in [0.1, 0.15) is 30.5 Å². The number of nitrogens with zero attached hydrogens (tertiary/aromatic N) is 6. The third-order valence-corrected chi connectivity index (χ3v) is 11.0. The molecule has 6 aromatic rings. The van der Waals surface area contributed by atoms with Crippen LogP contribution in [0.25, 0.3) is 22.3 Å². The van der Waals surface area contributed by atoms with Gasteiger partial charge in [-0.3, -0.25) is 43.4 Å². The average molecular weight is 901 g/mol. The number of nitrogens with one attached hydrogen (secondary N) is 3. The van der Waals surface area contributed by atoms with Gasteiger partial charge in [-0.05, 0) is 60.0 Å². The van der Waals surface area contributed by atoms with E-state index in [9.17, 15) is 24.0 Å². The van der Waals surface area contributed by atoms with Crippen molar-refractivity contribution in [1.82, 2.24) is 39.8 Å². The van der Waals surface area contributed by atoms with Crippen LogP contribution in [0.15, 0.2) is 85.3 Å². The number of rotatable bonds is 21. The smallest absolute Gasteiger partial charge is 0.264 e. The number of hydrogen-bond donors (Lipinski definition) is 4. The summed E-state index contributed by atoms with van der Waals surface area (Å²) < 4.78 is 31.5. The number of imidazole rings is 1. The lowest BCUT2D eigenvalue weighted by Gasteiger charge is -2.27. The van der Waals surface area contributed by atoms with Crippen molar-refractivity contribution >= 4 is 52.3 Å². The number of carbonyl (C=O) groups is 5. The van der Waals surface area contributed by atoms with Crippen LogP contribution in [-0.4, -0.2) is 119 Å². The average Bonchev–Trinajstić information content (AvgIpc) is 3.99. The molecule has 2 aliphatic heterocycles. The number of fused-ring (bicyclic) bond motifs is 2. The molecule has 1 atom stereocenters. The minimum Gasteiger partial charge on any atom is -0.497 e. The summed E-state index contributed by atoms with van der Waals surface area (Å²) in [5.41, 5.74) is 11.8. The van der Waals surface area contributed by atoms with Crippen LogP contribution < -0.4 is 35.9 Å². The molecule has 66 heavy (non-hydrogen) atoms. The molecule has 3 aromatic heterocycles. The summed E-state index contributed by atoms with van der Waals surface area (Å²) in [5, 5.41) is 12.5. The molecule has 2 aliphatic rings. The van der Waals surface area contributed by atoms with Crippen molar-refractivity contribution in [3.05, 3.63) is 108 Å². The molecule has 3 aromatic carbocycles. The fourth-order valence-corrected chi connectivity index (χ4v) is 7.64. The molecule has 0 saturated carbocycles. The zero-order valence-corrected chi connectivity index (χ0v) is 36.3. The second-order valence-electron chi connectivity index (χ2n) is 15.3. The van der Waals surface area contributed by atoms with Crippen molar-refractivity contribution in [2.24, 2.45) is 0 Å². The number of carbonyl (C=O) groups excluding carboxylic acids is 5. The number of anilines is 2. The number of imide groups is 2. The molecule has 0 spiro atoms. The highest BCUT2D eigenvalue weighted by Crippen LogP contribution is 2.33. The van der Waals surface area contributed by atoms with Crippen molar-refractivity contribution in [3.8, 4) is 28.4 Å². The molecule has 342 valence electrons. The number of nitrogens with two attached hydrogens (primary N) is 1. The number of aromatic nitrogens is 5. The molecule has 1 unspecified atom stereocenters. The van der Waals surface area contributed by atoms with E-state index in [4.69, 9.17) is 29.4 Å². The predicted molar refractivity (Wildman–Crippen MR) is 239 cm³/mol. The van der Waals surface area contributed by atoms with Crippen LogP contribution in [0.2, 0.25) is 0 Å². The van der Waals surface area contributed by atoms with Gasteiger partial charge in [0.15, 0.2) is 17.1 Å². The van der Waals surface area contributed by atoms with Crippen LogP contribution >= 0.6 is 0 Å². The summed E-state index contributed by atoms with van der Waals surface area (Å²) in [6.07, 6.45) is 5.26. The van der Waals surface area contributed by atoms with Gasteiger partial charge in [-0.2, -0.15) is 5.10 Å². The zero-order valence-electron chi connectivity index (χ0n) is 36.3. The molecule has 0 radical (unpaired) electrons. The molecule has 20 nitrogen and oxygen atoms in total. The standard InChI is InChI=1S/C46H48N10O10/c1-62-32-9-6-28(7-10-32)27-66-37-12-8-29(20-38(37)63-2)24-55-42-35(52-46(55)47)21-30(22-50-42)31-23-51-54(25-31)26-40(58)49-15-17-65-19-18-64-16-14-48-34-5-3-4-33-41(34)45(61)56(44(33)60)36-11-13-39(57)53-43(36)59/h3-10,12,20-23,25,36,48H,11,13-19,24,26-27H2,1-2H3,(H2,47,52)(H,49,58)(H,53,57,59). The Hall–Kier alpha value is -7.84. The zero-order chi connectivity index (χ0) is 46.2. The van der Waals surface area contributed by atoms with Gasteiger partial charge in [-0.1, -0.05) is 24.3 Å². The Bertz CT molecular complexity index is 2770. The lowest BCUT2D eigenvalue weighted by atomic mass is 10.0. The van der Waals surface area contributed by atoms with Gasteiger partial charge in [0.25, 0.3) is 11.8 Å². The molecule has 0 aliphatic carbocycles. The molecule has 20 heteroatoms. The Morgan fingerprint density at radius 1 is 0.864 bits per heavy atom. The molecule has 0 bridgehead atoms. The van der Waals surface area contributed by atoms with Gasteiger partial charge >= 0.3 is 0 Å². The quantitative estimate of drug-likeness (QED) is 0.0599. The molecule has 5 amide bonds. The van der Waals surface area contributed by atoms with Gasteiger partial charge in [-0.15, -0.1) is 0 Å². The number of nitrogen functional groups attached to an aromatic ring is 1. The summed E-state index contributed by atoms with van der Waals surface area (Å²) in [6, 6.07) is 19.1. The Labute approximate surface area is 378 Å². The van der Waals surface area contributed by atoms with Crippen molar-refractivity contribution in [3.63, 3.8) is 0 Å². The Balaban J connectivity index is 0.736. The maximum Gasteiger partial charge on any atom is 0.264 e. The number of methoxy groups -OCH3 is 2. The fraction of sp³-hybridized carbons (Fsp3) is 0.304. The van der Waals surface area contributed by atoms with Crippen molar-refractivity contribution in [2.45, 2.75) is 38.6 Å². The number of piperidine rings is 1. The summed E-state index contributed by atoms with van der Waals surface area (Å²) >= 11 is 0. The number of pyridine rings is 1.